The van der Waals surface area contributed by atoms with E-state index in [4.69, 9.17) is 4.74 Å². The summed E-state index contributed by atoms with van der Waals surface area (Å²) in [5, 5.41) is 6.31. The van der Waals surface area contributed by atoms with Crippen LogP contribution in [0.4, 0.5) is 0 Å². The zero-order valence-electron chi connectivity index (χ0n) is 9.84. The first-order chi connectivity index (χ1) is 7.84. The Bertz CT molecular complexity index is 221. The van der Waals surface area contributed by atoms with Gasteiger partial charge >= 0.3 is 0 Å². The van der Waals surface area contributed by atoms with Crippen molar-refractivity contribution in [3.8, 4) is 0 Å². The van der Waals surface area contributed by atoms with Gasteiger partial charge in [0.25, 0.3) is 0 Å². The smallest absolute Gasteiger partial charge is 0.246 e. The second-order valence-corrected chi connectivity index (χ2v) is 4.83. The Morgan fingerprint density at radius 2 is 2.06 bits per heavy atom. The van der Waals surface area contributed by atoms with Crippen LogP contribution in [0.5, 0.6) is 0 Å². The highest BCUT2D eigenvalue weighted by Crippen LogP contribution is 2.17. The maximum Gasteiger partial charge on any atom is 0.246 e. The van der Waals surface area contributed by atoms with E-state index in [-0.39, 0.29) is 18.6 Å². The van der Waals surface area contributed by atoms with E-state index in [1.54, 1.807) is 0 Å². The van der Waals surface area contributed by atoms with Gasteiger partial charge < -0.3 is 15.4 Å². The number of hydrogen-bond acceptors (Lipinski definition) is 3. The van der Waals surface area contributed by atoms with Crippen molar-refractivity contribution in [3.05, 3.63) is 0 Å². The lowest BCUT2D eigenvalue weighted by atomic mass is 10.1. The first-order valence-corrected chi connectivity index (χ1v) is 6.46. The molecule has 1 amide bonds. The van der Waals surface area contributed by atoms with Gasteiger partial charge in [-0.15, -0.1) is 0 Å². The molecule has 1 heterocycles. The van der Waals surface area contributed by atoms with E-state index >= 15 is 0 Å². The van der Waals surface area contributed by atoms with Crippen molar-refractivity contribution in [1.29, 1.82) is 0 Å². The van der Waals surface area contributed by atoms with Gasteiger partial charge in [-0.05, 0) is 32.2 Å². The fourth-order valence-corrected chi connectivity index (χ4v) is 2.50. The molecule has 1 aliphatic heterocycles. The molecule has 0 aromatic heterocycles. The average molecular weight is 226 g/mol. The molecular weight excluding hydrogens is 204 g/mol. The lowest BCUT2D eigenvalue weighted by Crippen LogP contribution is -2.40. The Kier molecular flexibility index (Phi) is 4.60. The predicted molar refractivity (Wildman–Crippen MR) is 62.2 cm³/mol. The quantitative estimate of drug-likeness (QED) is 0.746. The van der Waals surface area contributed by atoms with Gasteiger partial charge in [0.2, 0.25) is 5.91 Å². The Labute approximate surface area is 97.1 Å². The van der Waals surface area contributed by atoms with E-state index in [2.05, 4.69) is 10.6 Å². The van der Waals surface area contributed by atoms with Crippen LogP contribution < -0.4 is 10.6 Å². The molecule has 4 nitrogen and oxygen atoms in total. The topological polar surface area (TPSA) is 50.4 Å². The standard InChI is InChI=1S/C12H22N2O2/c15-12(14-10-4-1-2-5-10)9-16-11-6-3-7-13-8-11/h10-11,13H,1-9H2,(H,14,15)/t11-/m0/s1. The minimum Gasteiger partial charge on any atom is -0.367 e. The van der Waals surface area contributed by atoms with Crippen LogP contribution in [0.25, 0.3) is 0 Å². The fraction of sp³-hybridized carbons (Fsp3) is 0.917. The monoisotopic (exact) mass is 226 g/mol. The van der Waals surface area contributed by atoms with Crippen LogP contribution in [0.1, 0.15) is 38.5 Å². The number of rotatable bonds is 4. The second kappa shape index (κ2) is 6.21. The molecule has 1 saturated carbocycles. The molecule has 0 unspecified atom stereocenters. The maximum atomic E-state index is 11.6. The van der Waals surface area contributed by atoms with Crippen LogP contribution >= 0.6 is 0 Å². The van der Waals surface area contributed by atoms with Gasteiger partial charge in [-0.1, -0.05) is 12.8 Å². The molecule has 2 N–H and O–H groups in total. The van der Waals surface area contributed by atoms with Crippen molar-refractivity contribution < 1.29 is 9.53 Å². The number of carbonyl (C=O) groups excluding carboxylic acids is 1. The highest BCUT2D eigenvalue weighted by Gasteiger charge is 2.19. The summed E-state index contributed by atoms with van der Waals surface area (Å²) in [6.07, 6.45) is 7.21. The summed E-state index contributed by atoms with van der Waals surface area (Å²) in [6, 6.07) is 0.403. The minimum absolute atomic E-state index is 0.0532. The summed E-state index contributed by atoms with van der Waals surface area (Å²) in [5.41, 5.74) is 0. The molecule has 1 atom stereocenters. The summed E-state index contributed by atoms with van der Waals surface area (Å²) >= 11 is 0. The average Bonchev–Trinajstić information content (AvgIpc) is 2.81. The molecule has 0 aromatic rings. The van der Waals surface area contributed by atoms with Crippen molar-refractivity contribution in [2.45, 2.75) is 50.7 Å². The van der Waals surface area contributed by atoms with Crippen LogP contribution in [0, 0.1) is 0 Å². The van der Waals surface area contributed by atoms with Crippen molar-refractivity contribution in [1.82, 2.24) is 10.6 Å². The predicted octanol–water partition coefficient (Wildman–Crippen LogP) is 0.814. The summed E-state index contributed by atoms with van der Waals surface area (Å²) in [6.45, 7) is 2.19. The molecule has 16 heavy (non-hydrogen) atoms. The van der Waals surface area contributed by atoms with Gasteiger partial charge in [-0.2, -0.15) is 0 Å². The molecule has 0 aromatic carbocycles. The second-order valence-electron chi connectivity index (χ2n) is 4.83. The van der Waals surface area contributed by atoms with E-state index in [1.807, 2.05) is 0 Å². The Hall–Kier alpha value is -0.610. The molecule has 92 valence electrons. The molecule has 1 saturated heterocycles. The SMILES string of the molecule is O=C(CO[C@H]1CCCNC1)NC1CCCC1. The van der Waals surface area contributed by atoms with E-state index in [0.717, 1.165) is 38.8 Å². The van der Waals surface area contributed by atoms with Crippen molar-refractivity contribution in [2.24, 2.45) is 0 Å². The van der Waals surface area contributed by atoms with E-state index in [0.29, 0.717) is 6.04 Å². The largest absolute Gasteiger partial charge is 0.367 e. The summed E-state index contributed by atoms with van der Waals surface area (Å²) in [5.74, 6) is 0.0532. The number of nitrogens with one attached hydrogen (secondary N) is 2. The third kappa shape index (κ3) is 3.76. The fourth-order valence-electron chi connectivity index (χ4n) is 2.50. The molecule has 4 heteroatoms. The first-order valence-electron chi connectivity index (χ1n) is 6.46. The van der Waals surface area contributed by atoms with Crippen molar-refractivity contribution in [3.63, 3.8) is 0 Å². The molecule has 0 radical (unpaired) electrons. The van der Waals surface area contributed by atoms with E-state index in [9.17, 15) is 4.79 Å². The third-order valence-electron chi connectivity index (χ3n) is 3.42. The number of amides is 1. The highest BCUT2D eigenvalue weighted by molar-refractivity contribution is 5.77. The number of carbonyl (C=O) groups is 1. The van der Waals surface area contributed by atoms with E-state index < -0.39 is 0 Å². The van der Waals surface area contributed by atoms with Crippen LogP contribution in [-0.4, -0.2) is 37.7 Å². The van der Waals surface area contributed by atoms with Gasteiger partial charge in [-0.25, -0.2) is 0 Å². The van der Waals surface area contributed by atoms with Crippen molar-refractivity contribution in [2.75, 3.05) is 19.7 Å². The Morgan fingerprint density at radius 1 is 1.25 bits per heavy atom. The molecule has 2 fully saturated rings. The first kappa shape index (κ1) is 11.9. The van der Waals surface area contributed by atoms with Gasteiger partial charge in [-0.3, -0.25) is 4.79 Å². The highest BCUT2D eigenvalue weighted by atomic mass is 16.5. The van der Waals surface area contributed by atoms with Crippen LogP contribution in [0.15, 0.2) is 0 Å². The van der Waals surface area contributed by atoms with Gasteiger partial charge in [0, 0.05) is 12.6 Å². The summed E-state index contributed by atoms with van der Waals surface area (Å²) < 4.78 is 5.58. The summed E-state index contributed by atoms with van der Waals surface area (Å²) in [4.78, 5) is 11.6. The van der Waals surface area contributed by atoms with Crippen LogP contribution in [0.3, 0.4) is 0 Å². The molecular formula is C12H22N2O2. The van der Waals surface area contributed by atoms with Gasteiger partial charge in [0.15, 0.2) is 0 Å². The van der Waals surface area contributed by atoms with Crippen LogP contribution in [0.2, 0.25) is 0 Å². The Morgan fingerprint density at radius 3 is 2.75 bits per heavy atom. The molecule has 2 aliphatic rings. The lowest BCUT2D eigenvalue weighted by molar-refractivity contribution is -0.128. The number of hydrogen-bond donors (Lipinski definition) is 2. The lowest BCUT2D eigenvalue weighted by Gasteiger charge is -2.23. The summed E-state index contributed by atoms with van der Waals surface area (Å²) in [7, 11) is 0. The Balaban J connectivity index is 1.59. The number of piperidine rings is 1. The van der Waals surface area contributed by atoms with Crippen LogP contribution in [-0.2, 0) is 9.53 Å². The van der Waals surface area contributed by atoms with Crippen molar-refractivity contribution >= 4 is 5.91 Å². The molecule has 0 bridgehead atoms. The van der Waals surface area contributed by atoms with E-state index in [1.165, 1.54) is 12.8 Å². The zero-order chi connectivity index (χ0) is 11.2. The van der Waals surface area contributed by atoms with Gasteiger partial charge in [0.1, 0.15) is 6.61 Å². The normalized spacial score (nSPS) is 26.9. The number of ether oxygens (including phenoxy) is 1. The minimum atomic E-state index is 0.0532. The zero-order valence-corrected chi connectivity index (χ0v) is 9.84. The molecule has 1 aliphatic carbocycles. The maximum absolute atomic E-state index is 11.6. The molecule has 2 rings (SSSR count). The van der Waals surface area contributed by atoms with Gasteiger partial charge in [0.05, 0.1) is 6.10 Å². The third-order valence-corrected chi connectivity index (χ3v) is 3.42. The molecule has 0 spiro atoms.